The largest absolute Gasteiger partial charge is 0.318 e. The van der Waals surface area contributed by atoms with Crippen molar-refractivity contribution in [1.29, 1.82) is 0 Å². The van der Waals surface area contributed by atoms with Crippen LogP contribution in [0.1, 0.15) is 37.5 Å². The molecular weight excluding hydrogens is 220 g/mol. The third-order valence-electron chi connectivity index (χ3n) is 3.34. The Balaban J connectivity index is 2.59. The molecule has 102 valence electrons. The van der Waals surface area contributed by atoms with Gasteiger partial charge in [-0.25, -0.2) is 0 Å². The van der Waals surface area contributed by atoms with Crippen LogP contribution < -0.4 is 10.6 Å². The van der Waals surface area contributed by atoms with Crippen LogP contribution in [0.2, 0.25) is 0 Å². The Labute approximate surface area is 112 Å². The number of hydrogen-bond donors (Lipinski definition) is 2. The molecule has 0 aromatic heterocycles. The number of hydrogen-bond acceptors (Lipinski definition) is 2. The molecule has 0 fully saturated rings. The maximum absolute atomic E-state index is 3.46. The monoisotopic (exact) mass is 248 g/mol. The van der Waals surface area contributed by atoms with Crippen LogP contribution in [-0.4, -0.2) is 26.7 Å². The smallest absolute Gasteiger partial charge is 0.00767 e. The molecule has 2 N–H and O–H groups in total. The van der Waals surface area contributed by atoms with Gasteiger partial charge in [0.1, 0.15) is 0 Å². The van der Waals surface area contributed by atoms with Crippen molar-refractivity contribution in [3.8, 4) is 0 Å². The lowest BCUT2D eigenvalue weighted by Crippen LogP contribution is -2.26. The van der Waals surface area contributed by atoms with Crippen LogP contribution in [0, 0.1) is 6.92 Å². The fraction of sp³-hybridized carbons (Fsp3) is 0.625. The Morgan fingerprint density at radius 3 is 2.39 bits per heavy atom. The van der Waals surface area contributed by atoms with Gasteiger partial charge in [-0.2, -0.15) is 0 Å². The zero-order valence-corrected chi connectivity index (χ0v) is 12.6. The number of rotatable bonds is 6. The maximum Gasteiger partial charge on any atom is 0.00767 e. The Hall–Kier alpha value is -0.860. The molecule has 0 aliphatic carbocycles. The fourth-order valence-electron chi connectivity index (χ4n) is 1.97. The van der Waals surface area contributed by atoms with E-state index in [9.17, 15) is 0 Å². The van der Waals surface area contributed by atoms with E-state index in [0.717, 1.165) is 26.1 Å². The van der Waals surface area contributed by atoms with Crippen molar-refractivity contribution in [3.05, 3.63) is 34.9 Å². The van der Waals surface area contributed by atoms with Crippen molar-refractivity contribution in [2.75, 3.05) is 26.7 Å². The van der Waals surface area contributed by atoms with E-state index in [1.807, 2.05) is 7.05 Å². The maximum atomic E-state index is 3.46. The Morgan fingerprint density at radius 2 is 1.78 bits per heavy atom. The first kappa shape index (κ1) is 15.2. The average Bonchev–Trinajstić information content (AvgIpc) is 2.29. The number of benzene rings is 1. The topological polar surface area (TPSA) is 24.1 Å². The first-order valence-electron chi connectivity index (χ1n) is 6.90. The molecule has 0 aliphatic heterocycles. The second-order valence-corrected chi connectivity index (χ2v) is 5.99. The van der Waals surface area contributed by atoms with E-state index in [1.165, 1.54) is 16.7 Å². The van der Waals surface area contributed by atoms with Crippen molar-refractivity contribution < 1.29 is 0 Å². The molecule has 0 saturated carbocycles. The van der Waals surface area contributed by atoms with E-state index in [-0.39, 0.29) is 5.41 Å². The molecule has 1 aromatic carbocycles. The third-order valence-corrected chi connectivity index (χ3v) is 3.34. The van der Waals surface area contributed by atoms with Gasteiger partial charge in [-0.05, 0) is 49.0 Å². The van der Waals surface area contributed by atoms with Crippen LogP contribution in [0.4, 0.5) is 0 Å². The van der Waals surface area contributed by atoms with Crippen LogP contribution >= 0.6 is 0 Å². The van der Waals surface area contributed by atoms with E-state index in [1.54, 1.807) is 0 Å². The third kappa shape index (κ3) is 4.79. The lowest BCUT2D eigenvalue weighted by molar-refractivity contribution is 0.588. The van der Waals surface area contributed by atoms with Gasteiger partial charge in [0.25, 0.3) is 0 Å². The van der Waals surface area contributed by atoms with Crippen LogP contribution in [0.5, 0.6) is 0 Å². The van der Waals surface area contributed by atoms with Crippen LogP contribution in [0.3, 0.4) is 0 Å². The fourth-order valence-corrected chi connectivity index (χ4v) is 1.97. The minimum absolute atomic E-state index is 0.238. The molecule has 1 aromatic rings. The predicted molar refractivity (Wildman–Crippen MR) is 80.4 cm³/mol. The summed E-state index contributed by atoms with van der Waals surface area (Å²) in [6.07, 6.45) is 1.11. The van der Waals surface area contributed by atoms with Gasteiger partial charge < -0.3 is 10.6 Å². The van der Waals surface area contributed by atoms with Gasteiger partial charge in [0.15, 0.2) is 0 Å². The lowest BCUT2D eigenvalue weighted by atomic mass is 9.85. The van der Waals surface area contributed by atoms with E-state index in [4.69, 9.17) is 0 Å². The molecule has 0 unspecified atom stereocenters. The Bertz CT molecular complexity index is 364. The van der Waals surface area contributed by atoms with Crippen molar-refractivity contribution in [1.82, 2.24) is 10.6 Å². The lowest BCUT2D eigenvalue weighted by Gasteiger charge is -2.21. The highest BCUT2D eigenvalue weighted by atomic mass is 14.9. The summed E-state index contributed by atoms with van der Waals surface area (Å²) < 4.78 is 0. The van der Waals surface area contributed by atoms with Gasteiger partial charge in [0, 0.05) is 13.1 Å². The normalized spacial score (nSPS) is 11.8. The quantitative estimate of drug-likeness (QED) is 0.756. The number of aryl methyl sites for hydroxylation is 1. The zero-order chi connectivity index (χ0) is 13.6. The van der Waals surface area contributed by atoms with Crippen LogP contribution in [-0.2, 0) is 11.8 Å². The summed E-state index contributed by atoms with van der Waals surface area (Å²) >= 11 is 0. The van der Waals surface area contributed by atoms with Crippen LogP contribution in [0.25, 0.3) is 0 Å². The van der Waals surface area contributed by atoms with Gasteiger partial charge in [-0.1, -0.05) is 39.0 Å². The first-order valence-corrected chi connectivity index (χ1v) is 6.90. The van der Waals surface area contributed by atoms with Crippen molar-refractivity contribution in [2.45, 2.75) is 39.5 Å². The molecule has 0 amide bonds. The van der Waals surface area contributed by atoms with Gasteiger partial charge in [-0.3, -0.25) is 0 Å². The number of likely N-dealkylation sites (N-methyl/N-ethyl adjacent to an activating group) is 1. The zero-order valence-electron chi connectivity index (χ0n) is 12.6. The summed E-state index contributed by atoms with van der Waals surface area (Å²) in [6.45, 7) is 12.1. The molecule has 0 heterocycles. The summed E-state index contributed by atoms with van der Waals surface area (Å²) in [7, 11) is 1.98. The molecular formula is C16H28N2. The second-order valence-electron chi connectivity index (χ2n) is 5.99. The summed E-state index contributed by atoms with van der Waals surface area (Å²) in [4.78, 5) is 0. The van der Waals surface area contributed by atoms with Crippen molar-refractivity contribution in [2.24, 2.45) is 0 Å². The van der Waals surface area contributed by atoms with E-state index < -0.39 is 0 Å². The SMILES string of the molecule is CNCCNCCc1cc(C(C)(C)C)ccc1C. The highest BCUT2D eigenvalue weighted by molar-refractivity contribution is 5.34. The van der Waals surface area contributed by atoms with Gasteiger partial charge in [-0.15, -0.1) is 0 Å². The standard InChI is InChI=1S/C16H28N2/c1-13-6-7-15(16(2,3)4)12-14(13)8-9-18-11-10-17-5/h6-7,12,17-18H,8-11H2,1-5H3. The first-order chi connectivity index (χ1) is 8.45. The summed E-state index contributed by atoms with van der Waals surface area (Å²) in [6, 6.07) is 6.88. The molecule has 0 bridgehead atoms. The molecule has 0 spiro atoms. The van der Waals surface area contributed by atoms with E-state index >= 15 is 0 Å². The summed E-state index contributed by atoms with van der Waals surface area (Å²) in [5.41, 5.74) is 4.54. The molecule has 0 saturated heterocycles. The van der Waals surface area contributed by atoms with Gasteiger partial charge >= 0.3 is 0 Å². The Kier molecular flexibility index (Phi) is 5.83. The molecule has 1 rings (SSSR count). The van der Waals surface area contributed by atoms with E-state index in [0.29, 0.717) is 0 Å². The highest BCUT2D eigenvalue weighted by Crippen LogP contribution is 2.24. The minimum atomic E-state index is 0.238. The molecule has 18 heavy (non-hydrogen) atoms. The molecule has 0 atom stereocenters. The highest BCUT2D eigenvalue weighted by Gasteiger charge is 2.14. The van der Waals surface area contributed by atoms with E-state index in [2.05, 4.69) is 56.5 Å². The second kappa shape index (κ2) is 6.91. The predicted octanol–water partition coefficient (Wildman–Crippen LogP) is 2.64. The van der Waals surface area contributed by atoms with Crippen molar-refractivity contribution in [3.63, 3.8) is 0 Å². The molecule has 0 radical (unpaired) electrons. The summed E-state index contributed by atoms with van der Waals surface area (Å²) in [5.74, 6) is 0. The number of nitrogens with one attached hydrogen (secondary N) is 2. The van der Waals surface area contributed by atoms with Gasteiger partial charge in [0.2, 0.25) is 0 Å². The molecule has 2 nitrogen and oxygen atoms in total. The Morgan fingerprint density at radius 1 is 1.06 bits per heavy atom. The van der Waals surface area contributed by atoms with Crippen LogP contribution in [0.15, 0.2) is 18.2 Å². The molecule has 0 aliphatic rings. The average molecular weight is 248 g/mol. The van der Waals surface area contributed by atoms with Gasteiger partial charge in [0.05, 0.1) is 0 Å². The molecule has 2 heteroatoms. The van der Waals surface area contributed by atoms with Crippen molar-refractivity contribution >= 4 is 0 Å². The summed E-state index contributed by atoms with van der Waals surface area (Å²) in [5, 5.41) is 6.60. The minimum Gasteiger partial charge on any atom is -0.318 e.